The fourth-order valence-corrected chi connectivity index (χ4v) is 3.62. The molecule has 2 heterocycles. The zero-order valence-corrected chi connectivity index (χ0v) is 13.3. The normalized spacial score (nSPS) is 14.0. The van der Waals surface area contributed by atoms with Gasteiger partial charge >= 0.3 is 0 Å². The highest BCUT2D eigenvalue weighted by atomic mass is 32.1. The molecule has 0 saturated heterocycles. The lowest BCUT2D eigenvalue weighted by Crippen LogP contribution is -2.22. The number of nitrogens with one attached hydrogen (secondary N) is 1. The molecule has 1 aliphatic rings. The summed E-state index contributed by atoms with van der Waals surface area (Å²) in [6.45, 7) is 4.95. The van der Waals surface area contributed by atoms with Crippen LogP contribution in [0.2, 0.25) is 0 Å². The second-order valence-electron chi connectivity index (χ2n) is 5.52. The summed E-state index contributed by atoms with van der Waals surface area (Å²) >= 11 is 1.88. The number of hydrogen-bond donors (Lipinski definition) is 1. The summed E-state index contributed by atoms with van der Waals surface area (Å²) in [4.78, 5) is 6.19. The summed E-state index contributed by atoms with van der Waals surface area (Å²) in [7, 11) is 0. The Balaban J connectivity index is 1.38. The topological polar surface area (TPSA) is 34.1 Å². The Morgan fingerprint density at radius 1 is 1.24 bits per heavy atom. The van der Waals surface area contributed by atoms with E-state index in [4.69, 9.17) is 9.72 Å². The van der Waals surface area contributed by atoms with Crippen molar-refractivity contribution < 1.29 is 4.74 Å². The minimum atomic E-state index is 0.787. The van der Waals surface area contributed by atoms with Crippen molar-refractivity contribution in [1.82, 2.24) is 10.3 Å². The molecule has 21 heavy (non-hydrogen) atoms. The number of thiazole rings is 1. The summed E-state index contributed by atoms with van der Waals surface area (Å²) in [5.74, 6) is 0.969. The van der Waals surface area contributed by atoms with E-state index in [9.17, 15) is 0 Å². The highest BCUT2D eigenvalue weighted by Crippen LogP contribution is 2.22. The van der Waals surface area contributed by atoms with E-state index in [1.54, 1.807) is 0 Å². The first-order valence-electron chi connectivity index (χ1n) is 7.69. The number of aryl methyl sites for hydroxylation is 2. The number of fused-ring (bicyclic) bond motifs is 1. The highest BCUT2D eigenvalue weighted by molar-refractivity contribution is 7.11. The zero-order chi connectivity index (χ0) is 14.5. The fraction of sp³-hybridized carbons (Fsp3) is 0.471. The molecule has 0 bridgehead atoms. The maximum atomic E-state index is 5.75. The van der Waals surface area contributed by atoms with Crippen LogP contribution in [0.15, 0.2) is 24.3 Å². The molecule has 4 heteroatoms. The van der Waals surface area contributed by atoms with Crippen LogP contribution in [-0.4, -0.2) is 18.1 Å². The van der Waals surface area contributed by atoms with Crippen LogP contribution in [0.25, 0.3) is 0 Å². The monoisotopic (exact) mass is 302 g/mol. The predicted octanol–water partition coefficient (Wildman–Crippen LogP) is 3.50. The van der Waals surface area contributed by atoms with E-state index in [0.29, 0.717) is 0 Å². The number of unbranched alkanes of at least 4 members (excludes halogenated alkanes) is 1. The second kappa shape index (κ2) is 7.05. The minimum absolute atomic E-state index is 0.787. The van der Waals surface area contributed by atoms with Gasteiger partial charge in [-0.15, -0.1) is 11.3 Å². The maximum absolute atomic E-state index is 5.75. The molecule has 1 N–H and O–H groups in total. The summed E-state index contributed by atoms with van der Waals surface area (Å²) in [5, 5.41) is 4.69. The first kappa shape index (κ1) is 14.5. The van der Waals surface area contributed by atoms with Gasteiger partial charge < -0.3 is 10.1 Å². The van der Waals surface area contributed by atoms with Gasteiger partial charge in [-0.1, -0.05) is 17.7 Å². The van der Waals surface area contributed by atoms with Crippen LogP contribution in [0.3, 0.4) is 0 Å². The number of ether oxygens (including phenoxy) is 1. The molecule has 1 aromatic carbocycles. The molecule has 0 atom stereocenters. The molecular formula is C17H22N2OS. The predicted molar refractivity (Wildman–Crippen MR) is 87.1 cm³/mol. The Morgan fingerprint density at radius 2 is 2.10 bits per heavy atom. The molecule has 0 spiro atoms. The smallest absolute Gasteiger partial charge is 0.119 e. The van der Waals surface area contributed by atoms with Crippen molar-refractivity contribution >= 4 is 11.3 Å². The zero-order valence-electron chi connectivity index (χ0n) is 12.5. The average molecular weight is 302 g/mol. The van der Waals surface area contributed by atoms with Gasteiger partial charge in [0.1, 0.15) is 5.75 Å². The first-order chi connectivity index (χ1) is 10.3. The fourth-order valence-electron chi connectivity index (χ4n) is 2.49. The largest absolute Gasteiger partial charge is 0.494 e. The Kier molecular flexibility index (Phi) is 4.88. The van der Waals surface area contributed by atoms with Crippen molar-refractivity contribution in [3.63, 3.8) is 0 Å². The standard InChI is InChI=1S/C17H22N2OS/c1-13-5-7-14(8-6-13)20-11-3-2-4-17-19-15-9-10-18-12-16(15)21-17/h5-8,18H,2-4,9-12H2,1H3. The van der Waals surface area contributed by atoms with Crippen LogP contribution in [-0.2, 0) is 19.4 Å². The summed E-state index contributed by atoms with van der Waals surface area (Å²) in [6.07, 6.45) is 4.39. The Bertz CT molecular complexity index is 553. The lowest BCUT2D eigenvalue weighted by atomic mass is 10.2. The van der Waals surface area contributed by atoms with Gasteiger partial charge in [0.2, 0.25) is 0 Å². The number of aromatic nitrogens is 1. The quantitative estimate of drug-likeness (QED) is 0.829. The molecule has 0 radical (unpaired) electrons. The van der Waals surface area contributed by atoms with Crippen molar-refractivity contribution in [2.45, 2.75) is 39.2 Å². The van der Waals surface area contributed by atoms with Gasteiger partial charge in [0.15, 0.2) is 0 Å². The molecule has 0 saturated carbocycles. The van der Waals surface area contributed by atoms with Crippen LogP contribution in [0, 0.1) is 6.92 Å². The van der Waals surface area contributed by atoms with E-state index in [-0.39, 0.29) is 0 Å². The van der Waals surface area contributed by atoms with E-state index in [1.165, 1.54) is 21.1 Å². The Labute approximate surface area is 130 Å². The van der Waals surface area contributed by atoms with E-state index >= 15 is 0 Å². The third kappa shape index (κ3) is 4.05. The molecule has 1 aliphatic heterocycles. The van der Waals surface area contributed by atoms with Gasteiger partial charge in [0.05, 0.1) is 17.3 Å². The van der Waals surface area contributed by atoms with E-state index in [2.05, 4.69) is 24.4 Å². The molecule has 1 aromatic heterocycles. The van der Waals surface area contributed by atoms with Crippen molar-refractivity contribution in [3.05, 3.63) is 45.4 Å². The first-order valence-corrected chi connectivity index (χ1v) is 8.50. The van der Waals surface area contributed by atoms with Gasteiger partial charge in [0.25, 0.3) is 0 Å². The molecule has 3 rings (SSSR count). The van der Waals surface area contributed by atoms with Gasteiger partial charge in [0, 0.05) is 24.4 Å². The van der Waals surface area contributed by atoms with Crippen molar-refractivity contribution in [3.8, 4) is 5.75 Å². The van der Waals surface area contributed by atoms with Gasteiger partial charge in [-0.25, -0.2) is 4.98 Å². The van der Waals surface area contributed by atoms with Crippen LogP contribution >= 0.6 is 11.3 Å². The molecule has 0 amide bonds. The van der Waals surface area contributed by atoms with E-state index in [1.807, 2.05) is 23.5 Å². The maximum Gasteiger partial charge on any atom is 0.119 e. The van der Waals surface area contributed by atoms with Crippen molar-refractivity contribution in [2.24, 2.45) is 0 Å². The lowest BCUT2D eigenvalue weighted by molar-refractivity contribution is 0.307. The average Bonchev–Trinajstić information content (AvgIpc) is 2.91. The number of hydrogen-bond acceptors (Lipinski definition) is 4. The number of benzene rings is 1. The van der Waals surface area contributed by atoms with Gasteiger partial charge in [-0.2, -0.15) is 0 Å². The Hall–Kier alpha value is -1.39. The highest BCUT2D eigenvalue weighted by Gasteiger charge is 2.14. The van der Waals surface area contributed by atoms with Gasteiger partial charge in [-0.05, 0) is 38.3 Å². The molecule has 112 valence electrons. The summed E-state index contributed by atoms with van der Waals surface area (Å²) < 4.78 is 5.75. The third-order valence-electron chi connectivity index (χ3n) is 3.72. The van der Waals surface area contributed by atoms with Crippen LogP contribution < -0.4 is 10.1 Å². The van der Waals surface area contributed by atoms with Crippen molar-refractivity contribution in [1.29, 1.82) is 0 Å². The van der Waals surface area contributed by atoms with E-state index < -0.39 is 0 Å². The summed E-state index contributed by atoms with van der Waals surface area (Å²) in [5.41, 5.74) is 2.59. The third-order valence-corrected chi connectivity index (χ3v) is 4.88. The van der Waals surface area contributed by atoms with Crippen LogP contribution in [0.1, 0.15) is 34.0 Å². The molecule has 0 unspecified atom stereocenters. The molecule has 3 nitrogen and oxygen atoms in total. The SMILES string of the molecule is Cc1ccc(OCCCCc2nc3c(s2)CNCC3)cc1. The number of nitrogens with zero attached hydrogens (tertiary/aromatic N) is 1. The van der Waals surface area contributed by atoms with Crippen molar-refractivity contribution in [2.75, 3.05) is 13.2 Å². The molecule has 0 aliphatic carbocycles. The van der Waals surface area contributed by atoms with Gasteiger partial charge in [-0.3, -0.25) is 0 Å². The second-order valence-corrected chi connectivity index (χ2v) is 6.69. The molecular weight excluding hydrogens is 280 g/mol. The summed E-state index contributed by atoms with van der Waals surface area (Å²) in [6, 6.07) is 8.25. The Morgan fingerprint density at radius 3 is 2.90 bits per heavy atom. The molecule has 2 aromatic rings. The molecule has 0 fully saturated rings. The lowest BCUT2D eigenvalue weighted by Gasteiger charge is -2.09. The minimum Gasteiger partial charge on any atom is -0.494 e. The van der Waals surface area contributed by atoms with Crippen LogP contribution in [0.4, 0.5) is 0 Å². The van der Waals surface area contributed by atoms with E-state index in [0.717, 1.165) is 51.1 Å². The van der Waals surface area contributed by atoms with Crippen LogP contribution in [0.5, 0.6) is 5.75 Å². The number of rotatable bonds is 6.